The van der Waals surface area contributed by atoms with Crippen molar-refractivity contribution < 1.29 is 19.1 Å². The zero-order valence-corrected chi connectivity index (χ0v) is 17.2. The maximum absolute atomic E-state index is 12.9. The van der Waals surface area contributed by atoms with Gasteiger partial charge in [0.15, 0.2) is 11.5 Å². The number of hydrogen-bond donors (Lipinski definition) is 1. The number of nitrogens with zero attached hydrogens (tertiary/aromatic N) is 2. The van der Waals surface area contributed by atoms with Gasteiger partial charge in [-0.2, -0.15) is 0 Å². The van der Waals surface area contributed by atoms with E-state index in [9.17, 15) is 9.59 Å². The molecule has 3 rings (SSSR count). The summed E-state index contributed by atoms with van der Waals surface area (Å²) in [5.74, 6) is 0.711. The maximum Gasteiger partial charge on any atom is 0.257 e. The van der Waals surface area contributed by atoms with E-state index in [4.69, 9.17) is 21.1 Å². The highest BCUT2D eigenvalue weighted by molar-refractivity contribution is 6.33. The summed E-state index contributed by atoms with van der Waals surface area (Å²) in [5.41, 5.74) is 1.06. The number of carbonyl (C=O) groups is 2. The van der Waals surface area contributed by atoms with E-state index in [2.05, 4.69) is 5.32 Å². The van der Waals surface area contributed by atoms with Gasteiger partial charge in [0.25, 0.3) is 5.91 Å². The Hall–Kier alpha value is -2.77. The number of halogens is 1. The topological polar surface area (TPSA) is 71.1 Å². The van der Waals surface area contributed by atoms with Crippen molar-refractivity contribution in [2.24, 2.45) is 0 Å². The smallest absolute Gasteiger partial charge is 0.257 e. The molecule has 154 valence electrons. The van der Waals surface area contributed by atoms with Gasteiger partial charge in [0.1, 0.15) is 0 Å². The summed E-state index contributed by atoms with van der Waals surface area (Å²) in [6, 6.07) is 12.4. The second-order valence-electron chi connectivity index (χ2n) is 6.64. The van der Waals surface area contributed by atoms with Gasteiger partial charge in [-0.15, -0.1) is 0 Å². The van der Waals surface area contributed by atoms with Gasteiger partial charge in [-0.1, -0.05) is 29.8 Å². The van der Waals surface area contributed by atoms with Crippen molar-refractivity contribution in [2.45, 2.75) is 0 Å². The fourth-order valence-corrected chi connectivity index (χ4v) is 3.47. The highest BCUT2D eigenvalue weighted by Crippen LogP contribution is 2.31. The Labute approximate surface area is 175 Å². The molecule has 0 saturated carbocycles. The first-order valence-corrected chi connectivity index (χ1v) is 9.68. The van der Waals surface area contributed by atoms with Crippen LogP contribution in [0.2, 0.25) is 5.02 Å². The Morgan fingerprint density at radius 3 is 2.38 bits per heavy atom. The van der Waals surface area contributed by atoms with Crippen LogP contribution < -0.4 is 14.8 Å². The van der Waals surface area contributed by atoms with Gasteiger partial charge in [-0.25, -0.2) is 0 Å². The quantitative estimate of drug-likeness (QED) is 0.782. The average molecular weight is 418 g/mol. The molecule has 7 nitrogen and oxygen atoms in total. The molecule has 1 aliphatic rings. The molecule has 0 spiro atoms. The van der Waals surface area contributed by atoms with Crippen molar-refractivity contribution in [3.05, 3.63) is 53.1 Å². The number of benzene rings is 2. The summed E-state index contributed by atoms with van der Waals surface area (Å²) < 4.78 is 10.6. The van der Waals surface area contributed by atoms with Gasteiger partial charge in [0.05, 0.1) is 37.0 Å². The number of carbonyl (C=O) groups excluding carboxylic acids is 2. The number of nitrogens with one attached hydrogen (secondary N) is 1. The predicted molar refractivity (Wildman–Crippen MR) is 112 cm³/mol. The van der Waals surface area contributed by atoms with E-state index in [1.807, 2.05) is 17.0 Å². The predicted octanol–water partition coefficient (Wildman–Crippen LogP) is 2.75. The number of piperazine rings is 1. The van der Waals surface area contributed by atoms with E-state index in [1.165, 1.54) is 7.11 Å². The molecule has 1 heterocycles. The molecular formula is C21H24ClN3O4. The van der Waals surface area contributed by atoms with Crippen LogP contribution in [0.25, 0.3) is 0 Å². The number of rotatable bonds is 6. The van der Waals surface area contributed by atoms with Crippen LogP contribution in [0.5, 0.6) is 11.5 Å². The Balaban J connectivity index is 1.56. The first kappa shape index (κ1) is 21.0. The van der Waals surface area contributed by atoms with Gasteiger partial charge in [0, 0.05) is 26.2 Å². The molecule has 2 aromatic rings. The number of methoxy groups -OCH3 is 2. The van der Waals surface area contributed by atoms with E-state index in [1.54, 1.807) is 42.3 Å². The van der Waals surface area contributed by atoms with E-state index in [0.717, 1.165) is 0 Å². The van der Waals surface area contributed by atoms with Crippen LogP contribution in [0.3, 0.4) is 0 Å². The van der Waals surface area contributed by atoms with Crippen molar-refractivity contribution in [2.75, 3.05) is 52.3 Å². The van der Waals surface area contributed by atoms with Crippen LogP contribution in [-0.2, 0) is 4.79 Å². The molecule has 0 atom stereocenters. The summed E-state index contributed by atoms with van der Waals surface area (Å²) in [7, 11) is 3.06. The molecule has 0 bridgehead atoms. The second kappa shape index (κ2) is 9.62. The lowest BCUT2D eigenvalue weighted by Gasteiger charge is -2.34. The van der Waals surface area contributed by atoms with E-state index in [0.29, 0.717) is 54.0 Å². The molecule has 1 aliphatic heterocycles. The molecule has 0 aliphatic carbocycles. The minimum atomic E-state index is -0.132. The highest BCUT2D eigenvalue weighted by atomic mass is 35.5. The number of hydrogen-bond acceptors (Lipinski definition) is 5. The monoisotopic (exact) mass is 417 g/mol. The van der Waals surface area contributed by atoms with Crippen LogP contribution in [0.1, 0.15) is 10.4 Å². The van der Waals surface area contributed by atoms with Crippen LogP contribution >= 0.6 is 11.6 Å². The number of para-hydroxylation sites is 2. The summed E-state index contributed by atoms with van der Waals surface area (Å²) in [6.45, 7) is 2.51. The lowest BCUT2D eigenvalue weighted by Crippen LogP contribution is -2.50. The molecule has 29 heavy (non-hydrogen) atoms. The molecule has 0 aromatic heterocycles. The van der Waals surface area contributed by atoms with Gasteiger partial charge < -0.3 is 19.7 Å². The van der Waals surface area contributed by atoms with E-state index >= 15 is 0 Å². The summed E-state index contributed by atoms with van der Waals surface area (Å²) in [5, 5.41) is 3.32. The van der Waals surface area contributed by atoms with Crippen molar-refractivity contribution in [1.29, 1.82) is 0 Å². The Morgan fingerprint density at radius 1 is 1.00 bits per heavy atom. The Kier molecular flexibility index (Phi) is 6.95. The Bertz CT molecular complexity index is 882. The van der Waals surface area contributed by atoms with Crippen molar-refractivity contribution in [1.82, 2.24) is 9.80 Å². The summed E-state index contributed by atoms with van der Waals surface area (Å²) >= 11 is 6.08. The molecule has 0 unspecified atom stereocenters. The molecule has 0 radical (unpaired) electrons. The fraction of sp³-hybridized carbons (Fsp3) is 0.333. The third kappa shape index (κ3) is 4.99. The lowest BCUT2D eigenvalue weighted by molar-refractivity contribution is -0.117. The van der Waals surface area contributed by atoms with Crippen molar-refractivity contribution in [3.63, 3.8) is 0 Å². The normalized spacial score (nSPS) is 14.4. The molecule has 8 heteroatoms. The molecule has 1 saturated heterocycles. The third-order valence-electron chi connectivity index (χ3n) is 4.81. The maximum atomic E-state index is 12.9. The highest BCUT2D eigenvalue weighted by Gasteiger charge is 2.26. The van der Waals surface area contributed by atoms with E-state index < -0.39 is 0 Å². The van der Waals surface area contributed by atoms with Gasteiger partial charge in [-0.05, 0) is 24.3 Å². The first-order valence-electron chi connectivity index (χ1n) is 9.30. The molecule has 1 N–H and O–H groups in total. The minimum absolute atomic E-state index is 0.110. The van der Waals surface area contributed by atoms with Crippen LogP contribution in [0.4, 0.5) is 5.69 Å². The zero-order valence-electron chi connectivity index (χ0n) is 16.5. The van der Waals surface area contributed by atoms with Crippen molar-refractivity contribution >= 4 is 29.1 Å². The first-order chi connectivity index (χ1) is 14.0. The van der Waals surface area contributed by atoms with Gasteiger partial charge in [0.2, 0.25) is 5.91 Å². The van der Waals surface area contributed by atoms with Crippen molar-refractivity contribution in [3.8, 4) is 11.5 Å². The molecular weight excluding hydrogens is 394 g/mol. The third-order valence-corrected chi connectivity index (χ3v) is 5.14. The number of anilines is 1. The fourth-order valence-electron chi connectivity index (χ4n) is 3.29. The van der Waals surface area contributed by atoms with Crippen LogP contribution in [0, 0.1) is 0 Å². The minimum Gasteiger partial charge on any atom is -0.493 e. The molecule has 2 amide bonds. The average Bonchev–Trinajstić information content (AvgIpc) is 2.74. The van der Waals surface area contributed by atoms with Gasteiger partial charge in [-0.3, -0.25) is 14.5 Å². The summed E-state index contributed by atoms with van der Waals surface area (Å²) in [4.78, 5) is 29.0. The Morgan fingerprint density at radius 2 is 1.72 bits per heavy atom. The lowest BCUT2D eigenvalue weighted by atomic mass is 10.1. The second-order valence-corrected chi connectivity index (χ2v) is 7.04. The van der Waals surface area contributed by atoms with Gasteiger partial charge >= 0.3 is 0 Å². The van der Waals surface area contributed by atoms with Crippen LogP contribution in [0.15, 0.2) is 42.5 Å². The largest absolute Gasteiger partial charge is 0.493 e. The standard InChI is InChI=1S/C21H24ClN3O4/c1-28-18-9-5-6-15(20(18)29-2)21(27)25-12-10-24(11-13-25)14-19(26)23-17-8-4-3-7-16(17)22/h3-9H,10-14H2,1-2H3,(H,23,26). The zero-order chi connectivity index (χ0) is 20.8. The number of ether oxygens (including phenoxy) is 2. The molecule has 2 aromatic carbocycles. The summed E-state index contributed by atoms with van der Waals surface area (Å²) in [6.07, 6.45) is 0. The molecule has 1 fully saturated rings. The number of amides is 2. The van der Waals surface area contributed by atoms with E-state index in [-0.39, 0.29) is 18.4 Å². The van der Waals surface area contributed by atoms with Crippen LogP contribution in [-0.4, -0.2) is 68.6 Å². The SMILES string of the molecule is COc1cccc(C(=O)N2CCN(CC(=O)Nc3ccccc3Cl)CC2)c1OC.